The Morgan fingerprint density at radius 3 is 2.45 bits per heavy atom. The molecule has 0 bridgehead atoms. The molecule has 0 saturated carbocycles. The van der Waals surface area contributed by atoms with Crippen LogP contribution in [0.4, 0.5) is 18.9 Å². The maximum Gasteiger partial charge on any atom is 0.416 e. The Bertz CT molecular complexity index is 2320. The molecule has 280 valence electrons. The lowest BCUT2D eigenvalue weighted by Crippen LogP contribution is -2.52. The van der Waals surface area contributed by atoms with Crippen LogP contribution in [0.1, 0.15) is 70.1 Å². The molecule has 3 N–H and O–H groups in total. The van der Waals surface area contributed by atoms with Crippen LogP contribution in [0.15, 0.2) is 33.9 Å². The van der Waals surface area contributed by atoms with Crippen molar-refractivity contribution in [2.45, 2.75) is 51.2 Å². The summed E-state index contributed by atoms with van der Waals surface area (Å²) in [5.74, 6) is -1.77. The summed E-state index contributed by atoms with van der Waals surface area (Å²) >= 11 is 6.44. The molecule has 1 unspecified atom stereocenters. The number of aromatic nitrogens is 5. The topological polar surface area (TPSA) is 170 Å². The first-order valence-corrected chi connectivity index (χ1v) is 17.6. The minimum atomic E-state index is -4.70. The summed E-state index contributed by atoms with van der Waals surface area (Å²) in [7, 11) is 1.58. The Labute approximate surface area is 304 Å². The number of anilines is 1. The number of carbonyl (C=O) groups is 2. The number of alkyl halides is 3. The summed E-state index contributed by atoms with van der Waals surface area (Å²) in [5, 5.41) is 15.2. The van der Waals surface area contributed by atoms with Gasteiger partial charge in [0.1, 0.15) is 23.0 Å². The second-order valence-corrected chi connectivity index (χ2v) is 13.6. The molecule has 1 aliphatic carbocycles. The zero-order chi connectivity index (χ0) is 37.9. The first kappa shape index (κ1) is 36.2. The minimum Gasteiger partial charge on any atom is -0.507 e. The third-order valence-corrected chi connectivity index (χ3v) is 10.6. The van der Waals surface area contributed by atoms with E-state index < -0.39 is 40.7 Å². The van der Waals surface area contributed by atoms with Crippen molar-refractivity contribution in [3.05, 3.63) is 89.5 Å². The molecule has 1 atom stereocenters. The predicted octanol–water partition coefficient (Wildman–Crippen LogP) is 2.86. The zero-order valence-corrected chi connectivity index (χ0v) is 29.6. The number of fused-ring (bicyclic) bond motifs is 2. The third kappa shape index (κ3) is 6.14. The van der Waals surface area contributed by atoms with E-state index in [9.17, 15) is 37.5 Å². The van der Waals surface area contributed by atoms with Gasteiger partial charge in [-0.05, 0) is 49.8 Å². The van der Waals surface area contributed by atoms with Crippen LogP contribution in [-0.2, 0) is 42.0 Å². The highest BCUT2D eigenvalue weighted by Crippen LogP contribution is 2.37. The van der Waals surface area contributed by atoms with Crippen molar-refractivity contribution in [3.8, 4) is 5.75 Å². The van der Waals surface area contributed by atoms with E-state index in [0.29, 0.717) is 55.4 Å². The number of nitrogens with zero attached hydrogens (tertiary/aromatic N) is 7. The third-order valence-electron chi connectivity index (χ3n) is 10.2. The molecule has 1 saturated heterocycles. The van der Waals surface area contributed by atoms with Gasteiger partial charge in [-0.3, -0.25) is 23.7 Å². The highest BCUT2D eigenvalue weighted by Gasteiger charge is 2.37. The van der Waals surface area contributed by atoms with Crippen LogP contribution < -0.4 is 21.8 Å². The van der Waals surface area contributed by atoms with Crippen molar-refractivity contribution < 1.29 is 32.6 Å². The number of pyridine rings is 1. The summed E-state index contributed by atoms with van der Waals surface area (Å²) in [4.78, 5) is 62.6. The molecule has 14 nitrogen and oxygen atoms in total. The summed E-state index contributed by atoms with van der Waals surface area (Å²) in [6, 6.07) is 1.08. The number of aromatic hydroxyl groups is 1. The molecule has 0 spiro atoms. The lowest BCUT2D eigenvalue weighted by Gasteiger charge is -2.37. The Morgan fingerprint density at radius 1 is 1.09 bits per heavy atom. The molecule has 2 aliphatic heterocycles. The largest absolute Gasteiger partial charge is 0.507 e. The number of ether oxygens (including phenoxy) is 1. The van der Waals surface area contributed by atoms with Crippen LogP contribution >= 0.6 is 11.6 Å². The van der Waals surface area contributed by atoms with Gasteiger partial charge in [0.25, 0.3) is 17.0 Å². The Hall–Kier alpha value is -5.16. The quantitative estimate of drug-likeness (QED) is 0.288. The Kier molecular flexibility index (Phi) is 9.34. The number of halogens is 4. The normalized spacial score (nSPS) is 16.9. The number of carbonyl (C=O) groups excluding carboxylic acids is 2. The van der Waals surface area contributed by atoms with Gasteiger partial charge in [0.2, 0.25) is 11.7 Å². The highest BCUT2D eigenvalue weighted by atomic mass is 35.5. The molecule has 53 heavy (non-hydrogen) atoms. The smallest absolute Gasteiger partial charge is 0.416 e. The summed E-state index contributed by atoms with van der Waals surface area (Å²) in [5.41, 5.74) is 5.87. The second-order valence-electron chi connectivity index (χ2n) is 13.2. The number of primary amides is 1. The number of rotatable bonds is 7. The fourth-order valence-corrected chi connectivity index (χ4v) is 7.86. The lowest BCUT2D eigenvalue weighted by atomic mass is 10.0. The van der Waals surface area contributed by atoms with Crippen molar-refractivity contribution in [1.82, 2.24) is 28.6 Å². The molecular formula is C35H36ClF3N8O6. The molecule has 4 aromatic rings. The first-order chi connectivity index (χ1) is 25.2. The van der Waals surface area contributed by atoms with Crippen molar-refractivity contribution in [3.63, 3.8) is 0 Å². The SMILES string of the molecule is CCc1c(N2CCN(C(=O)c3c(O)c4c(n(C)c3=O)CCC4)CC2)c(=O)n2nc(C3=CCOCC3)nc2n1C(C(N)=O)c1ccc(C(F)(F)F)cc1Cl. The first-order valence-electron chi connectivity index (χ1n) is 17.2. The van der Waals surface area contributed by atoms with E-state index in [1.807, 2.05) is 0 Å². The van der Waals surface area contributed by atoms with Gasteiger partial charge in [-0.1, -0.05) is 30.7 Å². The van der Waals surface area contributed by atoms with Crippen LogP contribution in [0.3, 0.4) is 0 Å². The predicted molar refractivity (Wildman–Crippen MR) is 187 cm³/mol. The maximum atomic E-state index is 14.4. The molecule has 1 fully saturated rings. The van der Waals surface area contributed by atoms with Gasteiger partial charge in [0, 0.05) is 55.1 Å². The molecule has 18 heteroatoms. The minimum absolute atomic E-state index is 0.0423. The van der Waals surface area contributed by atoms with E-state index >= 15 is 0 Å². The molecule has 3 aromatic heterocycles. The van der Waals surface area contributed by atoms with Crippen LogP contribution in [0.5, 0.6) is 5.75 Å². The standard InChI is InChI=1S/C35H36ClF3N8O6/c1-3-23-27(44-11-13-45(14-12-44)32(51)25-28(48)21-5-4-6-24(21)43(2)31(25)50)33(52)47-34(41-30(42-47)18-9-15-53-16-10-18)46(23)26(29(40)49)20-8-7-19(17-22(20)36)35(37,38)39/h7-9,17,26,48H,3-6,10-16H2,1-2H3,(H2,40,49). The molecule has 1 aromatic carbocycles. The van der Waals surface area contributed by atoms with Gasteiger partial charge in [0.05, 0.1) is 24.5 Å². The summed E-state index contributed by atoms with van der Waals surface area (Å²) in [6.07, 6.45) is -0.404. The van der Waals surface area contributed by atoms with E-state index in [1.165, 1.54) is 14.0 Å². The van der Waals surface area contributed by atoms with E-state index in [0.717, 1.165) is 23.1 Å². The van der Waals surface area contributed by atoms with Crippen LogP contribution in [0.2, 0.25) is 5.02 Å². The summed E-state index contributed by atoms with van der Waals surface area (Å²) < 4.78 is 50.0. The van der Waals surface area contributed by atoms with E-state index in [-0.39, 0.29) is 77.5 Å². The van der Waals surface area contributed by atoms with Crippen LogP contribution in [0.25, 0.3) is 11.4 Å². The van der Waals surface area contributed by atoms with Crippen LogP contribution in [0, 0.1) is 0 Å². The Balaban J connectivity index is 1.33. The number of hydrogen-bond acceptors (Lipinski definition) is 9. The van der Waals surface area contributed by atoms with Crippen molar-refractivity contribution in [2.24, 2.45) is 12.8 Å². The second kappa shape index (κ2) is 13.7. The van der Waals surface area contributed by atoms with Gasteiger partial charge < -0.3 is 29.9 Å². The molecule has 2 amide bonds. The van der Waals surface area contributed by atoms with E-state index in [2.05, 4.69) is 10.1 Å². The van der Waals surface area contributed by atoms with Crippen molar-refractivity contribution >= 4 is 40.5 Å². The number of amides is 2. The van der Waals surface area contributed by atoms with E-state index in [1.54, 1.807) is 24.9 Å². The fraction of sp³-hybridized carbons (Fsp3) is 0.429. The average molecular weight is 757 g/mol. The Morgan fingerprint density at radius 2 is 1.83 bits per heavy atom. The number of hydrogen-bond donors (Lipinski definition) is 2. The maximum absolute atomic E-state index is 14.4. The summed E-state index contributed by atoms with van der Waals surface area (Å²) in [6.45, 7) is 2.78. The van der Waals surface area contributed by atoms with Gasteiger partial charge >= 0.3 is 6.18 Å². The van der Waals surface area contributed by atoms with Gasteiger partial charge in [0.15, 0.2) is 5.82 Å². The van der Waals surface area contributed by atoms with Gasteiger partial charge in [-0.25, -0.2) is 0 Å². The molecule has 7 rings (SSSR count). The average Bonchev–Trinajstić information content (AvgIpc) is 3.81. The van der Waals surface area contributed by atoms with Crippen molar-refractivity contribution in [1.29, 1.82) is 0 Å². The molecule has 3 aliphatic rings. The van der Waals surface area contributed by atoms with Crippen molar-refractivity contribution in [2.75, 3.05) is 44.3 Å². The molecule has 5 heterocycles. The van der Waals surface area contributed by atoms with Gasteiger partial charge in [-0.15, -0.1) is 5.10 Å². The molecule has 0 radical (unpaired) electrons. The monoisotopic (exact) mass is 756 g/mol. The number of nitrogens with two attached hydrogens (primary N) is 1. The molecular weight excluding hydrogens is 721 g/mol. The fourth-order valence-electron chi connectivity index (χ4n) is 7.57. The van der Waals surface area contributed by atoms with Crippen LogP contribution in [-0.4, -0.2) is 84.9 Å². The highest BCUT2D eigenvalue weighted by molar-refractivity contribution is 6.31. The van der Waals surface area contributed by atoms with Gasteiger partial charge in [-0.2, -0.15) is 22.7 Å². The number of piperazine rings is 1. The van der Waals surface area contributed by atoms with E-state index in [4.69, 9.17) is 22.1 Å². The zero-order valence-electron chi connectivity index (χ0n) is 28.9. The lowest BCUT2D eigenvalue weighted by molar-refractivity contribution is -0.137. The number of benzene rings is 1.